The summed E-state index contributed by atoms with van der Waals surface area (Å²) in [5.74, 6) is 1.63. The number of rotatable bonds is 2. The van der Waals surface area contributed by atoms with Crippen LogP contribution in [0.2, 0.25) is 0 Å². The van der Waals surface area contributed by atoms with Crippen LogP contribution < -0.4 is 15.2 Å². The van der Waals surface area contributed by atoms with Gasteiger partial charge >= 0.3 is 0 Å². The molecule has 2 aromatic carbocycles. The summed E-state index contributed by atoms with van der Waals surface area (Å²) in [6, 6.07) is 12.4. The SMILES string of the molecule is Cc1ccc(CN)c(-c2ccc3c(c2)OCCO3)c1. The van der Waals surface area contributed by atoms with Crippen LogP contribution in [0.3, 0.4) is 0 Å². The normalized spacial score (nSPS) is 13.4. The van der Waals surface area contributed by atoms with Crippen LogP contribution in [0.4, 0.5) is 0 Å². The third kappa shape index (κ3) is 2.29. The van der Waals surface area contributed by atoms with Crippen molar-refractivity contribution in [1.29, 1.82) is 0 Å². The first-order chi connectivity index (χ1) is 9.28. The lowest BCUT2D eigenvalue weighted by Crippen LogP contribution is -2.15. The molecule has 0 aromatic heterocycles. The van der Waals surface area contributed by atoms with Gasteiger partial charge in [-0.15, -0.1) is 0 Å². The average Bonchev–Trinajstić information content (AvgIpc) is 2.46. The number of ether oxygens (including phenoxy) is 2. The highest BCUT2D eigenvalue weighted by molar-refractivity contribution is 5.71. The summed E-state index contributed by atoms with van der Waals surface area (Å²) >= 11 is 0. The summed E-state index contributed by atoms with van der Waals surface area (Å²) in [4.78, 5) is 0. The van der Waals surface area contributed by atoms with Gasteiger partial charge in [-0.1, -0.05) is 29.8 Å². The Kier molecular flexibility index (Phi) is 3.13. The fourth-order valence-corrected chi connectivity index (χ4v) is 2.35. The molecule has 3 nitrogen and oxygen atoms in total. The van der Waals surface area contributed by atoms with E-state index in [0.717, 1.165) is 22.6 Å². The molecule has 2 aromatic rings. The molecule has 0 bridgehead atoms. The van der Waals surface area contributed by atoms with Crippen molar-refractivity contribution >= 4 is 0 Å². The molecule has 3 heteroatoms. The Morgan fingerprint density at radius 1 is 1.00 bits per heavy atom. The zero-order chi connectivity index (χ0) is 13.2. The summed E-state index contributed by atoms with van der Waals surface area (Å²) in [7, 11) is 0. The van der Waals surface area contributed by atoms with E-state index >= 15 is 0 Å². The van der Waals surface area contributed by atoms with Gasteiger partial charge in [-0.05, 0) is 35.7 Å². The summed E-state index contributed by atoms with van der Waals surface area (Å²) < 4.78 is 11.2. The van der Waals surface area contributed by atoms with Crippen LogP contribution in [-0.2, 0) is 6.54 Å². The highest BCUT2D eigenvalue weighted by Crippen LogP contribution is 2.35. The lowest BCUT2D eigenvalue weighted by molar-refractivity contribution is 0.171. The fourth-order valence-electron chi connectivity index (χ4n) is 2.35. The molecule has 0 saturated heterocycles. The molecule has 2 N–H and O–H groups in total. The Hall–Kier alpha value is -2.00. The van der Waals surface area contributed by atoms with Crippen molar-refractivity contribution in [3.63, 3.8) is 0 Å². The molecule has 3 rings (SSSR count). The largest absolute Gasteiger partial charge is 0.486 e. The predicted octanol–water partition coefficient (Wildman–Crippen LogP) is 2.89. The first kappa shape index (κ1) is 12.1. The van der Waals surface area contributed by atoms with Gasteiger partial charge in [0.1, 0.15) is 13.2 Å². The van der Waals surface area contributed by atoms with Gasteiger partial charge in [0.2, 0.25) is 0 Å². The Morgan fingerprint density at radius 3 is 2.58 bits per heavy atom. The van der Waals surface area contributed by atoms with E-state index < -0.39 is 0 Å². The van der Waals surface area contributed by atoms with E-state index in [1.807, 2.05) is 12.1 Å². The Balaban J connectivity index is 2.09. The zero-order valence-electron chi connectivity index (χ0n) is 11.0. The molecule has 1 aliphatic rings. The first-order valence-corrected chi connectivity index (χ1v) is 6.47. The van der Waals surface area contributed by atoms with Gasteiger partial charge in [-0.25, -0.2) is 0 Å². The second-order valence-corrected chi connectivity index (χ2v) is 4.72. The van der Waals surface area contributed by atoms with Crippen molar-refractivity contribution < 1.29 is 9.47 Å². The van der Waals surface area contributed by atoms with Crippen molar-refractivity contribution in [2.45, 2.75) is 13.5 Å². The number of hydrogen-bond donors (Lipinski definition) is 1. The van der Waals surface area contributed by atoms with Gasteiger partial charge in [0, 0.05) is 6.54 Å². The number of fused-ring (bicyclic) bond motifs is 1. The maximum Gasteiger partial charge on any atom is 0.161 e. The third-order valence-electron chi connectivity index (χ3n) is 3.34. The van der Waals surface area contributed by atoms with Gasteiger partial charge < -0.3 is 15.2 Å². The van der Waals surface area contributed by atoms with Crippen LogP contribution in [0.15, 0.2) is 36.4 Å². The quantitative estimate of drug-likeness (QED) is 0.897. The molecular weight excluding hydrogens is 238 g/mol. The van der Waals surface area contributed by atoms with E-state index in [2.05, 4.69) is 31.2 Å². The maximum absolute atomic E-state index is 5.82. The molecule has 0 amide bonds. The van der Waals surface area contributed by atoms with Gasteiger partial charge in [0.05, 0.1) is 0 Å². The third-order valence-corrected chi connectivity index (χ3v) is 3.34. The van der Waals surface area contributed by atoms with E-state index in [4.69, 9.17) is 15.2 Å². The van der Waals surface area contributed by atoms with Crippen LogP contribution in [0.25, 0.3) is 11.1 Å². The fraction of sp³-hybridized carbons (Fsp3) is 0.250. The van der Waals surface area contributed by atoms with Gasteiger partial charge in [0.15, 0.2) is 11.5 Å². The van der Waals surface area contributed by atoms with Crippen LogP contribution in [-0.4, -0.2) is 13.2 Å². The first-order valence-electron chi connectivity index (χ1n) is 6.47. The van der Waals surface area contributed by atoms with Crippen molar-refractivity contribution in [3.8, 4) is 22.6 Å². The number of hydrogen-bond acceptors (Lipinski definition) is 3. The molecular formula is C16H17NO2. The van der Waals surface area contributed by atoms with Crippen LogP contribution in [0.1, 0.15) is 11.1 Å². The molecule has 0 atom stereocenters. The Bertz CT molecular complexity index is 608. The van der Waals surface area contributed by atoms with Gasteiger partial charge in [0.25, 0.3) is 0 Å². The van der Waals surface area contributed by atoms with E-state index in [0.29, 0.717) is 19.8 Å². The Labute approximate surface area is 113 Å². The monoisotopic (exact) mass is 255 g/mol. The smallest absolute Gasteiger partial charge is 0.161 e. The van der Waals surface area contributed by atoms with E-state index in [9.17, 15) is 0 Å². The van der Waals surface area contributed by atoms with Crippen LogP contribution in [0, 0.1) is 6.92 Å². The van der Waals surface area contributed by atoms with E-state index in [-0.39, 0.29) is 0 Å². The number of nitrogens with two attached hydrogens (primary N) is 1. The van der Waals surface area contributed by atoms with Crippen molar-refractivity contribution in [1.82, 2.24) is 0 Å². The summed E-state index contributed by atoms with van der Waals surface area (Å²) in [6.07, 6.45) is 0. The highest BCUT2D eigenvalue weighted by atomic mass is 16.6. The molecule has 0 fully saturated rings. The minimum absolute atomic E-state index is 0.532. The number of benzene rings is 2. The van der Waals surface area contributed by atoms with Gasteiger partial charge in [-0.3, -0.25) is 0 Å². The molecule has 0 radical (unpaired) electrons. The molecule has 0 spiro atoms. The standard InChI is InChI=1S/C16H17NO2/c1-11-2-3-13(10-17)14(8-11)12-4-5-15-16(9-12)19-7-6-18-15/h2-5,8-9H,6-7,10,17H2,1H3. The molecule has 1 heterocycles. The summed E-state index contributed by atoms with van der Waals surface area (Å²) in [5.41, 5.74) is 10.5. The maximum atomic E-state index is 5.82. The highest BCUT2D eigenvalue weighted by Gasteiger charge is 2.13. The molecule has 0 aliphatic carbocycles. The molecule has 98 valence electrons. The molecule has 0 saturated carbocycles. The second-order valence-electron chi connectivity index (χ2n) is 4.72. The molecule has 0 unspecified atom stereocenters. The van der Waals surface area contributed by atoms with Crippen molar-refractivity contribution in [2.24, 2.45) is 5.73 Å². The Morgan fingerprint density at radius 2 is 1.79 bits per heavy atom. The van der Waals surface area contributed by atoms with Crippen LogP contribution >= 0.6 is 0 Å². The average molecular weight is 255 g/mol. The van der Waals surface area contributed by atoms with Gasteiger partial charge in [-0.2, -0.15) is 0 Å². The summed E-state index contributed by atoms with van der Waals surface area (Å²) in [6.45, 7) is 3.84. The van der Waals surface area contributed by atoms with Crippen molar-refractivity contribution in [3.05, 3.63) is 47.5 Å². The molecule has 1 aliphatic heterocycles. The lowest BCUT2D eigenvalue weighted by Gasteiger charge is -2.19. The predicted molar refractivity (Wildman–Crippen MR) is 75.5 cm³/mol. The number of aryl methyl sites for hydroxylation is 1. The van der Waals surface area contributed by atoms with Crippen LogP contribution in [0.5, 0.6) is 11.5 Å². The summed E-state index contributed by atoms with van der Waals surface area (Å²) in [5, 5.41) is 0. The minimum Gasteiger partial charge on any atom is -0.486 e. The van der Waals surface area contributed by atoms with E-state index in [1.54, 1.807) is 0 Å². The van der Waals surface area contributed by atoms with Crippen molar-refractivity contribution in [2.75, 3.05) is 13.2 Å². The lowest BCUT2D eigenvalue weighted by atomic mass is 9.97. The minimum atomic E-state index is 0.532. The zero-order valence-corrected chi connectivity index (χ0v) is 11.0. The van der Waals surface area contributed by atoms with E-state index in [1.165, 1.54) is 11.1 Å². The second kappa shape index (κ2) is 4.94. The molecule has 19 heavy (non-hydrogen) atoms. The topological polar surface area (TPSA) is 44.5 Å².